The van der Waals surface area contributed by atoms with Gasteiger partial charge in [0.25, 0.3) is 0 Å². The SMILES string of the molecule is Brc1ccc2nc(C3CCCNC3)cn2c1. The van der Waals surface area contributed by atoms with E-state index in [4.69, 9.17) is 0 Å². The van der Waals surface area contributed by atoms with Crippen LogP contribution in [0.2, 0.25) is 0 Å². The highest BCUT2D eigenvalue weighted by atomic mass is 79.9. The van der Waals surface area contributed by atoms with Gasteiger partial charge < -0.3 is 9.72 Å². The van der Waals surface area contributed by atoms with E-state index < -0.39 is 0 Å². The Morgan fingerprint density at radius 2 is 2.31 bits per heavy atom. The Morgan fingerprint density at radius 1 is 1.38 bits per heavy atom. The van der Waals surface area contributed by atoms with E-state index in [1.807, 2.05) is 12.1 Å². The Labute approximate surface area is 103 Å². The lowest BCUT2D eigenvalue weighted by molar-refractivity contribution is 0.456. The Hall–Kier alpha value is -0.870. The second kappa shape index (κ2) is 4.18. The summed E-state index contributed by atoms with van der Waals surface area (Å²) in [4.78, 5) is 4.68. The number of nitrogens with one attached hydrogen (secondary N) is 1. The number of rotatable bonds is 1. The quantitative estimate of drug-likeness (QED) is 0.870. The smallest absolute Gasteiger partial charge is 0.137 e. The van der Waals surface area contributed by atoms with Crippen molar-refractivity contribution in [1.29, 1.82) is 0 Å². The minimum Gasteiger partial charge on any atom is -0.316 e. The summed E-state index contributed by atoms with van der Waals surface area (Å²) < 4.78 is 3.18. The number of pyridine rings is 1. The van der Waals surface area contributed by atoms with E-state index in [-0.39, 0.29) is 0 Å². The van der Waals surface area contributed by atoms with Crippen molar-refractivity contribution in [1.82, 2.24) is 14.7 Å². The molecule has 1 N–H and O–H groups in total. The highest BCUT2D eigenvalue weighted by molar-refractivity contribution is 9.10. The molecule has 3 heterocycles. The number of hydrogen-bond donors (Lipinski definition) is 1. The first-order valence-electron chi connectivity index (χ1n) is 5.68. The van der Waals surface area contributed by atoms with Crippen LogP contribution in [0.15, 0.2) is 29.0 Å². The molecule has 0 amide bonds. The normalized spacial score (nSPS) is 21.4. The zero-order valence-corrected chi connectivity index (χ0v) is 10.6. The molecule has 1 aliphatic heterocycles. The van der Waals surface area contributed by atoms with Crippen LogP contribution in [0.25, 0.3) is 5.65 Å². The van der Waals surface area contributed by atoms with E-state index in [9.17, 15) is 0 Å². The molecule has 1 fully saturated rings. The van der Waals surface area contributed by atoms with Crippen LogP contribution in [0.1, 0.15) is 24.5 Å². The number of halogens is 1. The first-order chi connectivity index (χ1) is 7.83. The van der Waals surface area contributed by atoms with E-state index in [0.29, 0.717) is 5.92 Å². The molecule has 84 valence electrons. The molecule has 0 spiro atoms. The maximum atomic E-state index is 4.68. The Kier molecular flexibility index (Phi) is 2.69. The van der Waals surface area contributed by atoms with Gasteiger partial charge in [-0.1, -0.05) is 0 Å². The van der Waals surface area contributed by atoms with Gasteiger partial charge in [0.1, 0.15) is 5.65 Å². The number of fused-ring (bicyclic) bond motifs is 1. The largest absolute Gasteiger partial charge is 0.316 e. The standard InChI is InChI=1S/C12H14BrN3/c13-10-3-4-12-15-11(8-16(12)7-10)9-2-1-5-14-6-9/h3-4,7-9,14H,1-2,5-6H2. The van der Waals surface area contributed by atoms with Gasteiger partial charge in [0, 0.05) is 29.3 Å². The lowest BCUT2D eigenvalue weighted by Crippen LogP contribution is -2.28. The summed E-state index contributed by atoms with van der Waals surface area (Å²) in [5.74, 6) is 0.576. The van der Waals surface area contributed by atoms with Gasteiger partial charge in [-0.05, 0) is 47.4 Å². The van der Waals surface area contributed by atoms with E-state index in [0.717, 1.165) is 23.2 Å². The summed E-state index contributed by atoms with van der Waals surface area (Å²) in [6, 6.07) is 4.08. The molecule has 2 aromatic heterocycles. The fourth-order valence-corrected chi connectivity index (χ4v) is 2.64. The fourth-order valence-electron chi connectivity index (χ4n) is 2.29. The van der Waals surface area contributed by atoms with Crippen LogP contribution in [0.5, 0.6) is 0 Å². The maximum absolute atomic E-state index is 4.68. The number of imidazole rings is 1. The van der Waals surface area contributed by atoms with Crippen LogP contribution >= 0.6 is 15.9 Å². The molecule has 0 aliphatic carbocycles. The van der Waals surface area contributed by atoms with Crippen LogP contribution < -0.4 is 5.32 Å². The first kappa shape index (κ1) is 10.3. The van der Waals surface area contributed by atoms with Crippen LogP contribution in [-0.2, 0) is 0 Å². The summed E-state index contributed by atoms with van der Waals surface area (Å²) in [5, 5.41) is 3.43. The average Bonchev–Trinajstić information content (AvgIpc) is 2.73. The molecule has 1 aliphatic rings. The van der Waals surface area contributed by atoms with Gasteiger partial charge in [0.15, 0.2) is 0 Å². The second-order valence-electron chi connectivity index (χ2n) is 4.32. The van der Waals surface area contributed by atoms with Gasteiger partial charge in [-0.2, -0.15) is 0 Å². The molecule has 1 unspecified atom stereocenters. The number of piperidine rings is 1. The molecular weight excluding hydrogens is 266 g/mol. The molecule has 3 rings (SSSR count). The molecule has 1 atom stereocenters. The molecule has 4 heteroatoms. The highest BCUT2D eigenvalue weighted by Gasteiger charge is 2.17. The van der Waals surface area contributed by atoms with Gasteiger partial charge in [-0.15, -0.1) is 0 Å². The molecule has 0 radical (unpaired) electrons. The topological polar surface area (TPSA) is 29.3 Å². The van der Waals surface area contributed by atoms with Crippen LogP contribution in [-0.4, -0.2) is 22.5 Å². The van der Waals surface area contributed by atoms with E-state index >= 15 is 0 Å². The summed E-state index contributed by atoms with van der Waals surface area (Å²) >= 11 is 3.48. The Morgan fingerprint density at radius 3 is 3.12 bits per heavy atom. The summed E-state index contributed by atoms with van der Waals surface area (Å²) in [7, 11) is 0. The Balaban J connectivity index is 1.97. The molecule has 0 bridgehead atoms. The van der Waals surface area contributed by atoms with Gasteiger partial charge in [0.2, 0.25) is 0 Å². The molecule has 16 heavy (non-hydrogen) atoms. The van der Waals surface area contributed by atoms with Crippen molar-refractivity contribution in [2.24, 2.45) is 0 Å². The van der Waals surface area contributed by atoms with Crippen LogP contribution in [0, 0.1) is 0 Å². The number of nitrogens with zero attached hydrogens (tertiary/aromatic N) is 2. The van der Waals surface area contributed by atoms with Crippen LogP contribution in [0.4, 0.5) is 0 Å². The van der Waals surface area contributed by atoms with Gasteiger partial charge in [0.05, 0.1) is 5.69 Å². The van der Waals surface area contributed by atoms with E-state index in [1.54, 1.807) is 0 Å². The Bertz CT molecular complexity index is 500. The molecule has 3 nitrogen and oxygen atoms in total. The molecular formula is C12H14BrN3. The fraction of sp³-hybridized carbons (Fsp3) is 0.417. The lowest BCUT2D eigenvalue weighted by atomic mass is 9.97. The zero-order chi connectivity index (χ0) is 11.0. The van der Waals surface area contributed by atoms with Crippen LogP contribution in [0.3, 0.4) is 0 Å². The summed E-state index contributed by atoms with van der Waals surface area (Å²) in [6.45, 7) is 2.21. The third-order valence-electron chi connectivity index (χ3n) is 3.15. The van der Waals surface area contributed by atoms with Gasteiger partial charge in [-0.25, -0.2) is 4.98 Å². The third kappa shape index (κ3) is 1.87. The van der Waals surface area contributed by atoms with Crippen molar-refractivity contribution in [3.05, 3.63) is 34.7 Å². The first-order valence-corrected chi connectivity index (χ1v) is 6.47. The molecule has 0 saturated carbocycles. The molecule has 0 aromatic carbocycles. The molecule has 2 aromatic rings. The maximum Gasteiger partial charge on any atom is 0.137 e. The van der Waals surface area contributed by atoms with Gasteiger partial charge >= 0.3 is 0 Å². The number of aromatic nitrogens is 2. The molecule has 1 saturated heterocycles. The summed E-state index contributed by atoms with van der Waals surface area (Å²) in [6.07, 6.45) is 6.71. The lowest BCUT2D eigenvalue weighted by Gasteiger charge is -2.20. The van der Waals surface area contributed by atoms with Crippen molar-refractivity contribution in [3.8, 4) is 0 Å². The van der Waals surface area contributed by atoms with Crippen molar-refractivity contribution < 1.29 is 0 Å². The van der Waals surface area contributed by atoms with Crippen molar-refractivity contribution in [2.75, 3.05) is 13.1 Å². The van der Waals surface area contributed by atoms with Gasteiger partial charge in [-0.3, -0.25) is 0 Å². The predicted octanol–water partition coefficient (Wildman–Crippen LogP) is 2.56. The average molecular weight is 280 g/mol. The summed E-state index contributed by atoms with van der Waals surface area (Å²) in [5.41, 5.74) is 2.24. The highest BCUT2D eigenvalue weighted by Crippen LogP contribution is 2.23. The monoisotopic (exact) mass is 279 g/mol. The number of hydrogen-bond acceptors (Lipinski definition) is 2. The third-order valence-corrected chi connectivity index (χ3v) is 3.62. The zero-order valence-electron chi connectivity index (χ0n) is 8.99. The van der Waals surface area contributed by atoms with Crippen molar-refractivity contribution in [3.63, 3.8) is 0 Å². The minimum absolute atomic E-state index is 0.576. The van der Waals surface area contributed by atoms with E-state index in [2.05, 4.69) is 43.0 Å². The predicted molar refractivity (Wildman–Crippen MR) is 67.7 cm³/mol. The van der Waals surface area contributed by atoms with Crippen molar-refractivity contribution >= 4 is 21.6 Å². The minimum atomic E-state index is 0.576. The van der Waals surface area contributed by atoms with E-state index in [1.165, 1.54) is 18.5 Å². The van der Waals surface area contributed by atoms with Crippen molar-refractivity contribution in [2.45, 2.75) is 18.8 Å². The second-order valence-corrected chi connectivity index (χ2v) is 5.24.